The van der Waals surface area contributed by atoms with Crippen LogP contribution in [0.5, 0.6) is 0 Å². The van der Waals surface area contributed by atoms with Crippen molar-refractivity contribution in [2.75, 3.05) is 0 Å². The number of nitrogens with zero attached hydrogens (tertiary/aromatic N) is 5. The molecule has 4 rings (SSSR count). The Morgan fingerprint density at radius 2 is 1.80 bits per heavy atom. The van der Waals surface area contributed by atoms with Crippen LogP contribution in [-0.2, 0) is 6.18 Å². The second-order valence-corrected chi connectivity index (χ2v) is 7.30. The van der Waals surface area contributed by atoms with E-state index in [4.69, 9.17) is 0 Å². The van der Waals surface area contributed by atoms with Gasteiger partial charge in [0.1, 0.15) is 0 Å². The van der Waals surface area contributed by atoms with E-state index >= 15 is 0 Å². The molecular weight excluding hydrogens is 419 g/mol. The fourth-order valence-corrected chi connectivity index (χ4v) is 3.64. The van der Waals surface area contributed by atoms with Crippen molar-refractivity contribution in [3.8, 4) is 11.3 Å². The van der Waals surface area contributed by atoms with Crippen LogP contribution in [0.15, 0.2) is 64.6 Å². The lowest BCUT2D eigenvalue weighted by atomic mass is 10.1. The smallest absolute Gasteiger partial charge is 0.258 e. The minimum absolute atomic E-state index is 0.00448. The summed E-state index contributed by atoms with van der Waals surface area (Å²) in [6.45, 7) is 1.81. The summed E-state index contributed by atoms with van der Waals surface area (Å²) in [5.41, 5.74) is 0.554. The zero-order valence-corrected chi connectivity index (χ0v) is 16.1. The normalized spacial score (nSPS) is 11.7. The van der Waals surface area contributed by atoms with Crippen LogP contribution in [0, 0.1) is 17.0 Å². The molecule has 2 aromatic heterocycles. The third kappa shape index (κ3) is 3.83. The average molecular weight is 431 g/mol. The first kappa shape index (κ1) is 19.8. The maximum atomic E-state index is 12.9. The van der Waals surface area contributed by atoms with Gasteiger partial charge in [-0.3, -0.25) is 10.1 Å². The minimum Gasteiger partial charge on any atom is -0.258 e. The summed E-state index contributed by atoms with van der Waals surface area (Å²) in [6.07, 6.45) is -4.68. The predicted molar refractivity (Wildman–Crippen MR) is 103 cm³/mol. The first-order valence-electron chi connectivity index (χ1n) is 8.56. The van der Waals surface area contributed by atoms with Crippen molar-refractivity contribution in [3.63, 3.8) is 0 Å². The van der Waals surface area contributed by atoms with Crippen molar-refractivity contribution in [2.45, 2.75) is 23.2 Å². The second kappa shape index (κ2) is 7.41. The lowest BCUT2D eigenvalue weighted by Gasteiger charge is -2.07. The van der Waals surface area contributed by atoms with E-state index in [-0.39, 0.29) is 15.8 Å². The Bertz CT molecular complexity index is 1260. The zero-order chi connectivity index (χ0) is 21.5. The summed E-state index contributed by atoms with van der Waals surface area (Å²) in [5.74, 6) is 0.283. The molecule has 0 spiro atoms. The van der Waals surface area contributed by atoms with Gasteiger partial charge in [0.15, 0.2) is 0 Å². The summed E-state index contributed by atoms with van der Waals surface area (Å²) in [6, 6.07) is 13.6. The summed E-state index contributed by atoms with van der Waals surface area (Å²) in [7, 11) is 0. The highest BCUT2D eigenvalue weighted by molar-refractivity contribution is 7.99. The third-order valence-electron chi connectivity index (χ3n) is 4.22. The van der Waals surface area contributed by atoms with Crippen molar-refractivity contribution in [1.82, 2.24) is 19.6 Å². The van der Waals surface area contributed by atoms with E-state index < -0.39 is 22.4 Å². The van der Waals surface area contributed by atoms with E-state index in [1.165, 1.54) is 4.52 Å². The summed E-state index contributed by atoms with van der Waals surface area (Å²) >= 11 is 0.806. The molecular formula is C19H12F3N5O2S. The Hall–Kier alpha value is -3.47. The quantitative estimate of drug-likeness (QED) is 0.327. The zero-order valence-electron chi connectivity index (χ0n) is 15.3. The highest BCUT2D eigenvalue weighted by atomic mass is 32.2. The maximum absolute atomic E-state index is 12.9. The molecule has 2 aromatic carbocycles. The Morgan fingerprint density at radius 3 is 2.47 bits per heavy atom. The largest absolute Gasteiger partial charge is 0.416 e. The van der Waals surface area contributed by atoms with Crippen LogP contribution in [0.3, 0.4) is 0 Å². The van der Waals surface area contributed by atoms with Gasteiger partial charge in [0, 0.05) is 17.3 Å². The molecule has 0 aliphatic carbocycles. The van der Waals surface area contributed by atoms with Gasteiger partial charge in [-0.05, 0) is 36.9 Å². The van der Waals surface area contributed by atoms with Gasteiger partial charge in [-0.2, -0.15) is 18.2 Å². The molecule has 0 bridgehead atoms. The fraction of sp³-hybridized carbons (Fsp3) is 0.105. The molecule has 0 amide bonds. The number of benzene rings is 2. The molecule has 30 heavy (non-hydrogen) atoms. The van der Waals surface area contributed by atoms with E-state index in [0.29, 0.717) is 11.8 Å². The number of aromatic nitrogens is 4. The minimum atomic E-state index is -4.68. The number of hydrogen-bond donors (Lipinski definition) is 0. The molecule has 0 N–H and O–H groups in total. The maximum Gasteiger partial charge on any atom is 0.416 e. The van der Waals surface area contributed by atoms with Gasteiger partial charge in [-0.25, -0.2) is 9.50 Å². The highest BCUT2D eigenvalue weighted by Crippen LogP contribution is 2.38. The lowest BCUT2D eigenvalue weighted by molar-refractivity contribution is -0.388. The molecule has 0 saturated carbocycles. The third-order valence-corrected chi connectivity index (χ3v) is 5.15. The second-order valence-electron chi connectivity index (χ2n) is 6.29. The van der Waals surface area contributed by atoms with Gasteiger partial charge in [0.05, 0.1) is 21.1 Å². The molecule has 0 aliphatic heterocycles. The van der Waals surface area contributed by atoms with Gasteiger partial charge >= 0.3 is 6.18 Å². The van der Waals surface area contributed by atoms with Crippen LogP contribution >= 0.6 is 11.8 Å². The standard InChI is InChI=1S/C19H12F3N5O2S/c1-11-9-14(12-5-3-2-4-6-12)23-17-24-18(25-26(11)17)30-16-8-7-13(19(20,21)22)10-15(16)27(28)29/h2-10H,1H3. The number of nitro benzene ring substituents is 1. The Balaban J connectivity index is 1.73. The molecule has 2 heterocycles. The molecule has 0 unspecified atom stereocenters. The highest BCUT2D eigenvalue weighted by Gasteiger charge is 2.33. The van der Waals surface area contributed by atoms with Crippen molar-refractivity contribution < 1.29 is 18.1 Å². The molecule has 0 atom stereocenters. The van der Waals surface area contributed by atoms with Crippen molar-refractivity contribution in [1.29, 1.82) is 0 Å². The number of halogens is 3. The summed E-state index contributed by atoms with van der Waals surface area (Å²) in [5, 5.41) is 15.7. The van der Waals surface area contributed by atoms with Crippen LogP contribution < -0.4 is 0 Å². The summed E-state index contributed by atoms with van der Waals surface area (Å²) < 4.78 is 40.1. The molecule has 152 valence electrons. The van der Waals surface area contributed by atoms with Gasteiger partial charge in [0.2, 0.25) is 5.16 Å². The number of hydrogen-bond acceptors (Lipinski definition) is 6. The number of nitro groups is 1. The number of fused-ring (bicyclic) bond motifs is 1. The number of alkyl halides is 3. The van der Waals surface area contributed by atoms with E-state index in [9.17, 15) is 23.3 Å². The molecule has 11 heteroatoms. The number of rotatable bonds is 4. The molecule has 0 fully saturated rings. The Kier molecular flexibility index (Phi) is 4.90. The van der Waals surface area contributed by atoms with E-state index in [1.807, 2.05) is 43.3 Å². The first-order valence-corrected chi connectivity index (χ1v) is 9.37. The van der Waals surface area contributed by atoms with Crippen molar-refractivity contribution in [3.05, 3.63) is 76.0 Å². The van der Waals surface area contributed by atoms with Crippen molar-refractivity contribution in [2.24, 2.45) is 0 Å². The van der Waals surface area contributed by atoms with Crippen LogP contribution in [-0.4, -0.2) is 24.5 Å². The molecule has 7 nitrogen and oxygen atoms in total. The van der Waals surface area contributed by atoms with Gasteiger partial charge < -0.3 is 0 Å². The summed E-state index contributed by atoms with van der Waals surface area (Å²) in [4.78, 5) is 19.2. The van der Waals surface area contributed by atoms with Gasteiger partial charge in [-0.1, -0.05) is 30.3 Å². The average Bonchev–Trinajstić information content (AvgIpc) is 3.11. The molecule has 0 aliphatic rings. The van der Waals surface area contributed by atoms with Crippen LogP contribution in [0.25, 0.3) is 17.0 Å². The molecule has 4 aromatic rings. The van der Waals surface area contributed by atoms with E-state index in [1.54, 1.807) is 0 Å². The Morgan fingerprint density at radius 1 is 1.07 bits per heavy atom. The monoisotopic (exact) mass is 431 g/mol. The Labute approximate surface area is 171 Å². The SMILES string of the molecule is Cc1cc(-c2ccccc2)nc2nc(Sc3ccc(C(F)(F)F)cc3[N+](=O)[O-])nn12. The van der Waals surface area contributed by atoms with Crippen LogP contribution in [0.4, 0.5) is 18.9 Å². The molecule has 0 saturated heterocycles. The van der Waals surface area contributed by atoms with Crippen molar-refractivity contribution >= 4 is 23.2 Å². The van der Waals surface area contributed by atoms with Gasteiger partial charge in [0.25, 0.3) is 11.5 Å². The fourth-order valence-electron chi connectivity index (χ4n) is 2.81. The molecule has 0 radical (unpaired) electrons. The van der Waals surface area contributed by atoms with E-state index in [0.717, 1.165) is 35.2 Å². The topological polar surface area (TPSA) is 86.2 Å². The van der Waals surface area contributed by atoms with Crippen LogP contribution in [0.2, 0.25) is 0 Å². The van der Waals surface area contributed by atoms with Gasteiger partial charge in [-0.15, -0.1) is 5.10 Å². The predicted octanol–water partition coefficient (Wildman–Crippen LogP) is 5.18. The first-order chi connectivity index (χ1) is 14.2. The van der Waals surface area contributed by atoms with Crippen LogP contribution in [0.1, 0.15) is 11.3 Å². The number of aryl methyl sites for hydroxylation is 1. The van der Waals surface area contributed by atoms with E-state index in [2.05, 4.69) is 15.1 Å². The lowest BCUT2D eigenvalue weighted by Crippen LogP contribution is -2.05.